The van der Waals surface area contributed by atoms with E-state index in [1.807, 2.05) is 79.5 Å². The summed E-state index contributed by atoms with van der Waals surface area (Å²) in [7, 11) is -2.60. The van der Waals surface area contributed by atoms with E-state index in [1.165, 1.54) is 0 Å². The van der Waals surface area contributed by atoms with Crippen LogP contribution in [0.1, 0.15) is 0 Å². The van der Waals surface area contributed by atoms with Crippen LogP contribution in [0.3, 0.4) is 0 Å². The Morgan fingerprint density at radius 2 is 1.19 bits per heavy atom. The molecule has 0 spiro atoms. The summed E-state index contributed by atoms with van der Waals surface area (Å²) in [5.74, 6) is 0. The molecule has 0 aliphatic heterocycles. The van der Waals surface area contributed by atoms with Gasteiger partial charge in [-0.1, -0.05) is 84.9 Å². The Labute approximate surface area is 125 Å². The molecular formula is C19H17OP. The maximum Gasteiger partial charge on any atom is 0.140 e. The molecule has 21 heavy (non-hydrogen) atoms. The molecule has 0 amide bonds. The summed E-state index contributed by atoms with van der Waals surface area (Å²) in [5.41, 5.74) is 2.15. The zero-order valence-electron chi connectivity index (χ0n) is 11.9. The van der Waals surface area contributed by atoms with E-state index in [0.717, 1.165) is 21.7 Å². The minimum Gasteiger partial charge on any atom is -0.314 e. The predicted molar refractivity (Wildman–Crippen MR) is 91.1 cm³/mol. The molecule has 0 heterocycles. The normalized spacial score (nSPS) is 13.6. The highest BCUT2D eigenvalue weighted by Crippen LogP contribution is 2.41. The molecule has 1 atom stereocenters. The van der Waals surface area contributed by atoms with Gasteiger partial charge < -0.3 is 4.57 Å². The number of hydrogen-bond donors (Lipinski definition) is 0. The molecule has 0 fully saturated rings. The minimum absolute atomic E-state index is 0.897. The molecule has 3 aromatic carbocycles. The van der Waals surface area contributed by atoms with E-state index in [-0.39, 0.29) is 0 Å². The van der Waals surface area contributed by atoms with Gasteiger partial charge >= 0.3 is 0 Å². The summed E-state index contributed by atoms with van der Waals surface area (Å²) in [4.78, 5) is 0. The molecule has 1 unspecified atom stereocenters. The molecule has 104 valence electrons. The lowest BCUT2D eigenvalue weighted by Gasteiger charge is -2.18. The van der Waals surface area contributed by atoms with Gasteiger partial charge in [0.25, 0.3) is 0 Å². The quantitative estimate of drug-likeness (QED) is 0.658. The highest BCUT2D eigenvalue weighted by atomic mass is 31.2. The van der Waals surface area contributed by atoms with Crippen LogP contribution < -0.4 is 10.6 Å². The summed E-state index contributed by atoms with van der Waals surface area (Å²) >= 11 is 0. The van der Waals surface area contributed by atoms with Crippen LogP contribution in [0, 0.1) is 0 Å². The maximum absolute atomic E-state index is 13.4. The van der Waals surface area contributed by atoms with Crippen molar-refractivity contribution >= 4 is 17.8 Å². The topological polar surface area (TPSA) is 17.1 Å². The van der Waals surface area contributed by atoms with Crippen molar-refractivity contribution < 1.29 is 4.57 Å². The van der Waals surface area contributed by atoms with Crippen molar-refractivity contribution in [3.63, 3.8) is 0 Å². The fourth-order valence-corrected chi connectivity index (χ4v) is 4.61. The van der Waals surface area contributed by atoms with Crippen molar-refractivity contribution in [3.05, 3.63) is 84.9 Å². The van der Waals surface area contributed by atoms with E-state index < -0.39 is 7.14 Å². The minimum atomic E-state index is -2.60. The zero-order chi connectivity index (χ0) is 14.7. The molecule has 0 saturated heterocycles. The van der Waals surface area contributed by atoms with Gasteiger partial charge in [-0.25, -0.2) is 0 Å². The van der Waals surface area contributed by atoms with Crippen molar-refractivity contribution in [2.75, 3.05) is 6.66 Å². The summed E-state index contributed by atoms with van der Waals surface area (Å²) in [6, 6.07) is 27.8. The maximum atomic E-state index is 13.4. The van der Waals surface area contributed by atoms with Gasteiger partial charge in [0, 0.05) is 10.6 Å². The van der Waals surface area contributed by atoms with Gasteiger partial charge in [-0.3, -0.25) is 0 Å². The van der Waals surface area contributed by atoms with Crippen LogP contribution in [0.15, 0.2) is 84.9 Å². The summed E-state index contributed by atoms with van der Waals surface area (Å²) in [5, 5.41) is 1.82. The van der Waals surface area contributed by atoms with E-state index in [2.05, 4.69) is 12.1 Å². The molecule has 3 rings (SSSR count). The standard InChI is InChI=1S/C19H17OP/c1-21(20,17-12-6-3-7-13-17)19-15-9-8-14-18(19)16-10-4-2-5-11-16/h2-15H,1H3. The Hall–Kier alpha value is -2.11. The molecule has 0 saturated carbocycles. The van der Waals surface area contributed by atoms with Crippen LogP contribution in [0.2, 0.25) is 0 Å². The fraction of sp³-hybridized carbons (Fsp3) is 0.0526. The van der Waals surface area contributed by atoms with Crippen molar-refractivity contribution in [2.45, 2.75) is 0 Å². The number of rotatable bonds is 3. The Kier molecular flexibility index (Phi) is 3.77. The molecule has 1 nitrogen and oxygen atoms in total. The first-order valence-corrected chi connectivity index (χ1v) is 9.13. The lowest BCUT2D eigenvalue weighted by atomic mass is 10.1. The monoisotopic (exact) mass is 292 g/mol. The van der Waals surface area contributed by atoms with Crippen molar-refractivity contribution in [1.29, 1.82) is 0 Å². The van der Waals surface area contributed by atoms with E-state index in [1.54, 1.807) is 0 Å². The highest BCUT2D eigenvalue weighted by molar-refractivity contribution is 7.78. The second-order valence-corrected chi connectivity index (χ2v) is 7.99. The molecule has 0 aromatic heterocycles. The van der Waals surface area contributed by atoms with Crippen LogP contribution in [0.5, 0.6) is 0 Å². The van der Waals surface area contributed by atoms with Gasteiger partial charge in [-0.15, -0.1) is 0 Å². The third-order valence-corrected chi connectivity index (χ3v) is 6.29. The third-order valence-electron chi connectivity index (χ3n) is 3.70. The number of benzene rings is 3. The molecule has 0 bridgehead atoms. The van der Waals surface area contributed by atoms with E-state index >= 15 is 0 Å². The average Bonchev–Trinajstić information content (AvgIpc) is 2.56. The first-order chi connectivity index (χ1) is 10.2. The third kappa shape index (κ3) is 2.70. The van der Waals surface area contributed by atoms with Crippen molar-refractivity contribution in [1.82, 2.24) is 0 Å². The summed E-state index contributed by atoms with van der Waals surface area (Å²) < 4.78 is 13.4. The van der Waals surface area contributed by atoms with E-state index in [4.69, 9.17) is 0 Å². The van der Waals surface area contributed by atoms with Crippen LogP contribution in [0.4, 0.5) is 0 Å². The second kappa shape index (κ2) is 5.71. The summed E-state index contributed by atoms with van der Waals surface area (Å²) in [6.45, 7) is 1.85. The molecule has 0 radical (unpaired) electrons. The molecule has 3 aromatic rings. The van der Waals surface area contributed by atoms with Crippen LogP contribution >= 0.6 is 7.14 Å². The molecule has 0 aliphatic rings. The zero-order valence-corrected chi connectivity index (χ0v) is 12.8. The number of hydrogen-bond acceptors (Lipinski definition) is 1. The molecule has 2 heteroatoms. The predicted octanol–water partition coefficient (Wildman–Crippen LogP) is 4.30. The lowest BCUT2D eigenvalue weighted by molar-refractivity contribution is 0.590. The molecular weight excluding hydrogens is 275 g/mol. The second-order valence-electron chi connectivity index (χ2n) is 5.14. The Morgan fingerprint density at radius 1 is 0.667 bits per heavy atom. The average molecular weight is 292 g/mol. The lowest BCUT2D eigenvalue weighted by Crippen LogP contribution is -2.16. The molecule has 0 aliphatic carbocycles. The van der Waals surface area contributed by atoms with Crippen molar-refractivity contribution in [3.8, 4) is 11.1 Å². The van der Waals surface area contributed by atoms with Crippen LogP contribution in [0.25, 0.3) is 11.1 Å². The Balaban J connectivity index is 2.18. The fourth-order valence-electron chi connectivity index (χ4n) is 2.56. The molecule has 0 N–H and O–H groups in total. The Bertz CT molecular complexity index is 779. The van der Waals surface area contributed by atoms with Gasteiger partial charge in [-0.05, 0) is 17.8 Å². The Morgan fingerprint density at radius 3 is 1.86 bits per heavy atom. The summed E-state index contributed by atoms with van der Waals surface area (Å²) in [6.07, 6.45) is 0. The largest absolute Gasteiger partial charge is 0.314 e. The van der Waals surface area contributed by atoms with Gasteiger partial charge in [0.1, 0.15) is 7.14 Å². The van der Waals surface area contributed by atoms with E-state index in [9.17, 15) is 4.57 Å². The highest BCUT2D eigenvalue weighted by Gasteiger charge is 2.24. The van der Waals surface area contributed by atoms with Crippen LogP contribution in [-0.2, 0) is 4.57 Å². The van der Waals surface area contributed by atoms with Gasteiger partial charge in [0.15, 0.2) is 0 Å². The SMILES string of the molecule is CP(=O)(c1ccccc1)c1ccccc1-c1ccccc1. The van der Waals surface area contributed by atoms with E-state index in [0.29, 0.717) is 0 Å². The van der Waals surface area contributed by atoms with Gasteiger partial charge in [-0.2, -0.15) is 0 Å². The van der Waals surface area contributed by atoms with Crippen LogP contribution in [-0.4, -0.2) is 6.66 Å². The van der Waals surface area contributed by atoms with Crippen molar-refractivity contribution in [2.24, 2.45) is 0 Å². The first-order valence-electron chi connectivity index (χ1n) is 6.98. The smallest absolute Gasteiger partial charge is 0.140 e. The van der Waals surface area contributed by atoms with Gasteiger partial charge in [0.2, 0.25) is 0 Å². The first kappa shape index (κ1) is 13.9. The van der Waals surface area contributed by atoms with Gasteiger partial charge in [0.05, 0.1) is 0 Å².